The molecule has 1 aliphatic rings. The number of nitrogens with one attached hydrogen (secondary N) is 1. The number of carboxylic acids is 1. The first-order valence-corrected chi connectivity index (χ1v) is 8.14. The summed E-state index contributed by atoms with van der Waals surface area (Å²) in [6.45, 7) is 2.40. The average Bonchev–Trinajstić information content (AvgIpc) is 3.19. The van der Waals surface area contributed by atoms with E-state index in [1.165, 1.54) is 17.0 Å². The molecule has 1 aromatic heterocycles. The Bertz CT molecular complexity index is 795. The van der Waals surface area contributed by atoms with E-state index in [1.54, 1.807) is 6.07 Å². The predicted octanol–water partition coefficient (Wildman–Crippen LogP) is 2.59. The van der Waals surface area contributed by atoms with Crippen molar-refractivity contribution in [3.05, 3.63) is 29.6 Å². The zero-order chi connectivity index (χ0) is 17.3. The summed E-state index contributed by atoms with van der Waals surface area (Å²) in [6.07, 6.45) is 0.437. The molecule has 0 aliphatic carbocycles. The highest BCUT2D eigenvalue weighted by Gasteiger charge is 2.31. The van der Waals surface area contributed by atoms with E-state index >= 15 is 0 Å². The molecule has 126 valence electrons. The molecule has 3 rings (SSSR count). The van der Waals surface area contributed by atoms with Crippen LogP contribution in [-0.2, 0) is 4.79 Å². The van der Waals surface area contributed by atoms with Gasteiger partial charge >= 0.3 is 12.0 Å². The molecule has 2 amide bonds. The third-order valence-corrected chi connectivity index (χ3v) is 4.77. The number of carbonyl (C=O) groups excluding carboxylic acids is 1. The van der Waals surface area contributed by atoms with Gasteiger partial charge in [0.05, 0.1) is 5.92 Å². The Labute approximate surface area is 141 Å². The van der Waals surface area contributed by atoms with Gasteiger partial charge in [-0.15, -0.1) is 10.2 Å². The van der Waals surface area contributed by atoms with Crippen LogP contribution >= 0.6 is 11.3 Å². The van der Waals surface area contributed by atoms with Gasteiger partial charge in [0.2, 0.25) is 5.13 Å². The first-order valence-electron chi connectivity index (χ1n) is 7.33. The fourth-order valence-corrected chi connectivity index (χ4v) is 3.34. The second kappa shape index (κ2) is 6.52. The van der Waals surface area contributed by atoms with Crippen molar-refractivity contribution in [3.63, 3.8) is 0 Å². The lowest BCUT2D eigenvalue weighted by atomic mass is 10.1. The topological polar surface area (TPSA) is 95.4 Å². The molecule has 1 fully saturated rings. The van der Waals surface area contributed by atoms with Crippen molar-refractivity contribution in [3.8, 4) is 10.6 Å². The molecule has 1 aromatic carbocycles. The monoisotopic (exact) mass is 350 g/mol. The normalized spacial score (nSPS) is 17.1. The van der Waals surface area contributed by atoms with Crippen molar-refractivity contribution < 1.29 is 19.1 Å². The summed E-state index contributed by atoms with van der Waals surface area (Å²) < 4.78 is 13.4. The largest absolute Gasteiger partial charge is 0.481 e. The zero-order valence-electron chi connectivity index (χ0n) is 12.8. The van der Waals surface area contributed by atoms with Gasteiger partial charge in [0.1, 0.15) is 10.8 Å². The molecule has 0 spiro atoms. The molecule has 1 saturated heterocycles. The number of hydrogen-bond acceptors (Lipinski definition) is 5. The van der Waals surface area contributed by atoms with E-state index in [2.05, 4.69) is 15.5 Å². The molecule has 9 heteroatoms. The number of anilines is 1. The lowest BCUT2D eigenvalue weighted by Gasteiger charge is -2.14. The molecule has 2 aromatic rings. The number of benzene rings is 1. The number of likely N-dealkylation sites (tertiary alicyclic amines) is 1. The first kappa shape index (κ1) is 16.3. The number of aromatic nitrogens is 2. The number of urea groups is 1. The van der Waals surface area contributed by atoms with Gasteiger partial charge in [-0.05, 0) is 31.0 Å². The van der Waals surface area contributed by atoms with Crippen LogP contribution in [0.2, 0.25) is 0 Å². The van der Waals surface area contributed by atoms with Crippen molar-refractivity contribution in [1.82, 2.24) is 15.1 Å². The number of aliphatic carboxylic acids is 1. The number of carbonyl (C=O) groups is 2. The third-order valence-electron chi connectivity index (χ3n) is 3.89. The molecule has 2 heterocycles. The summed E-state index contributed by atoms with van der Waals surface area (Å²) >= 11 is 1.14. The zero-order valence-corrected chi connectivity index (χ0v) is 13.6. The Morgan fingerprint density at radius 1 is 1.42 bits per heavy atom. The lowest BCUT2D eigenvalue weighted by molar-refractivity contribution is -0.141. The summed E-state index contributed by atoms with van der Waals surface area (Å²) in [5, 5.41) is 20.3. The maximum atomic E-state index is 13.4. The maximum absolute atomic E-state index is 13.4. The lowest BCUT2D eigenvalue weighted by Crippen LogP contribution is -2.33. The minimum Gasteiger partial charge on any atom is -0.481 e. The van der Waals surface area contributed by atoms with Gasteiger partial charge in [-0.2, -0.15) is 0 Å². The number of carboxylic acid groups (broad SMARTS) is 1. The highest BCUT2D eigenvalue weighted by molar-refractivity contribution is 7.18. The van der Waals surface area contributed by atoms with Crippen LogP contribution in [0, 0.1) is 18.7 Å². The van der Waals surface area contributed by atoms with E-state index in [1.807, 2.05) is 6.92 Å². The van der Waals surface area contributed by atoms with Crippen LogP contribution in [0.5, 0.6) is 0 Å². The first-order chi connectivity index (χ1) is 11.4. The Kier molecular flexibility index (Phi) is 4.43. The minimum absolute atomic E-state index is 0.176. The van der Waals surface area contributed by atoms with Gasteiger partial charge in [-0.25, -0.2) is 9.18 Å². The molecule has 0 bridgehead atoms. The van der Waals surface area contributed by atoms with E-state index in [-0.39, 0.29) is 17.5 Å². The van der Waals surface area contributed by atoms with Crippen molar-refractivity contribution in [2.75, 3.05) is 18.4 Å². The summed E-state index contributed by atoms with van der Waals surface area (Å²) in [6, 6.07) is 3.99. The summed E-state index contributed by atoms with van der Waals surface area (Å²) in [7, 11) is 0. The maximum Gasteiger partial charge on any atom is 0.323 e. The van der Waals surface area contributed by atoms with E-state index in [0.717, 1.165) is 16.9 Å². The van der Waals surface area contributed by atoms with E-state index in [4.69, 9.17) is 5.11 Å². The van der Waals surface area contributed by atoms with Crippen LogP contribution in [0.15, 0.2) is 18.2 Å². The summed E-state index contributed by atoms with van der Waals surface area (Å²) in [4.78, 5) is 24.5. The van der Waals surface area contributed by atoms with Crippen LogP contribution in [0.4, 0.5) is 14.3 Å². The van der Waals surface area contributed by atoms with Gasteiger partial charge < -0.3 is 10.0 Å². The molecule has 1 unspecified atom stereocenters. The van der Waals surface area contributed by atoms with Gasteiger partial charge in [0, 0.05) is 18.7 Å². The third kappa shape index (κ3) is 3.35. The Hall–Kier alpha value is -2.55. The number of hydrogen-bond donors (Lipinski definition) is 2. The van der Waals surface area contributed by atoms with E-state index < -0.39 is 17.9 Å². The number of nitrogens with zero attached hydrogens (tertiary/aromatic N) is 3. The quantitative estimate of drug-likeness (QED) is 0.887. The van der Waals surface area contributed by atoms with Crippen molar-refractivity contribution in [1.29, 1.82) is 0 Å². The minimum atomic E-state index is -0.898. The second-order valence-corrected chi connectivity index (χ2v) is 6.55. The van der Waals surface area contributed by atoms with Crippen LogP contribution in [-0.4, -0.2) is 45.3 Å². The van der Waals surface area contributed by atoms with Crippen molar-refractivity contribution >= 4 is 28.5 Å². The standard InChI is InChI=1S/C15H15FN4O3S/c1-8-2-3-10(16)6-11(8)12-18-19-14(24-12)17-15(23)20-5-4-9(7-20)13(21)22/h2-3,6,9H,4-5,7H2,1H3,(H,21,22)(H,17,19,23). The fourth-order valence-electron chi connectivity index (χ4n) is 2.52. The van der Waals surface area contributed by atoms with Crippen LogP contribution in [0.1, 0.15) is 12.0 Å². The van der Waals surface area contributed by atoms with E-state index in [9.17, 15) is 14.0 Å². The summed E-state index contributed by atoms with van der Waals surface area (Å²) in [5.74, 6) is -1.80. The molecule has 7 nitrogen and oxygen atoms in total. The van der Waals surface area contributed by atoms with Gasteiger partial charge in [0.25, 0.3) is 0 Å². The van der Waals surface area contributed by atoms with Crippen molar-refractivity contribution in [2.45, 2.75) is 13.3 Å². The highest BCUT2D eigenvalue weighted by atomic mass is 32.1. The Morgan fingerprint density at radius 2 is 2.21 bits per heavy atom. The number of rotatable bonds is 3. The number of amides is 2. The van der Waals surface area contributed by atoms with Gasteiger partial charge in [0.15, 0.2) is 0 Å². The highest BCUT2D eigenvalue weighted by Crippen LogP contribution is 2.29. The number of halogens is 1. The van der Waals surface area contributed by atoms with Crippen LogP contribution < -0.4 is 5.32 Å². The molecule has 0 saturated carbocycles. The SMILES string of the molecule is Cc1ccc(F)cc1-c1nnc(NC(=O)N2CCC(C(=O)O)C2)s1. The molecule has 2 N–H and O–H groups in total. The molecule has 24 heavy (non-hydrogen) atoms. The van der Waals surface area contributed by atoms with Gasteiger partial charge in [-0.3, -0.25) is 10.1 Å². The Balaban J connectivity index is 1.69. The average molecular weight is 350 g/mol. The van der Waals surface area contributed by atoms with Crippen molar-refractivity contribution in [2.24, 2.45) is 5.92 Å². The molecule has 1 atom stereocenters. The Morgan fingerprint density at radius 3 is 2.92 bits per heavy atom. The predicted molar refractivity (Wildman–Crippen MR) is 86.4 cm³/mol. The smallest absolute Gasteiger partial charge is 0.323 e. The van der Waals surface area contributed by atoms with Crippen LogP contribution in [0.3, 0.4) is 0 Å². The number of aryl methyl sites for hydroxylation is 1. The summed E-state index contributed by atoms with van der Waals surface area (Å²) in [5.41, 5.74) is 1.48. The molecular weight excluding hydrogens is 335 g/mol. The fraction of sp³-hybridized carbons (Fsp3) is 0.333. The molecular formula is C15H15FN4O3S. The molecule has 0 radical (unpaired) electrons. The van der Waals surface area contributed by atoms with Gasteiger partial charge in [-0.1, -0.05) is 17.4 Å². The second-order valence-electron chi connectivity index (χ2n) is 5.57. The van der Waals surface area contributed by atoms with E-state index in [0.29, 0.717) is 23.5 Å². The molecule has 1 aliphatic heterocycles. The van der Waals surface area contributed by atoms with Crippen LogP contribution in [0.25, 0.3) is 10.6 Å².